The first-order chi connectivity index (χ1) is 8.90. The molecule has 1 atom stereocenters. The maximum absolute atomic E-state index is 13.0. The number of nitrogens with one attached hydrogen (secondary N) is 1. The highest BCUT2D eigenvalue weighted by molar-refractivity contribution is 5.33. The molecule has 2 nitrogen and oxygen atoms in total. The minimum absolute atomic E-state index is 0.0311. The third-order valence-corrected chi connectivity index (χ3v) is 2.75. The summed E-state index contributed by atoms with van der Waals surface area (Å²) in [6, 6.07) is 1.99. The van der Waals surface area contributed by atoms with Gasteiger partial charge in [-0.1, -0.05) is 13.0 Å². The number of hydrogen-bond acceptors (Lipinski definition) is 2. The van der Waals surface area contributed by atoms with Gasteiger partial charge in [-0.05, 0) is 37.1 Å². The van der Waals surface area contributed by atoms with Crippen LogP contribution in [-0.2, 0) is 6.18 Å². The monoisotopic (exact) mass is 279 g/mol. The molecule has 1 aromatic carbocycles. The molecule has 1 aromatic rings. The summed E-state index contributed by atoms with van der Waals surface area (Å²) in [5.41, 5.74) is -1.02. The maximum atomic E-state index is 13.0. The van der Waals surface area contributed by atoms with Gasteiger partial charge in [0.2, 0.25) is 0 Å². The fourth-order valence-electron chi connectivity index (χ4n) is 1.89. The molecule has 6 heteroatoms. The van der Waals surface area contributed by atoms with Crippen molar-refractivity contribution in [3.8, 4) is 0 Å². The Morgan fingerprint density at radius 2 is 2.00 bits per heavy atom. The second kappa shape index (κ2) is 6.86. The van der Waals surface area contributed by atoms with Crippen LogP contribution in [0.5, 0.6) is 0 Å². The molecule has 1 rings (SSSR count). The van der Waals surface area contributed by atoms with Crippen molar-refractivity contribution in [1.82, 2.24) is 5.32 Å². The van der Waals surface area contributed by atoms with Crippen molar-refractivity contribution in [2.75, 3.05) is 13.2 Å². The highest BCUT2D eigenvalue weighted by atomic mass is 19.4. The molecule has 0 radical (unpaired) electrons. The fraction of sp³-hybridized carbons (Fsp3) is 0.538. The Labute approximate surface area is 109 Å². The molecule has 0 aromatic heterocycles. The van der Waals surface area contributed by atoms with Crippen LogP contribution in [0.2, 0.25) is 0 Å². The van der Waals surface area contributed by atoms with Gasteiger partial charge in [-0.3, -0.25) is 0 Å². The topological polar surface area (TPSA) is 32.3 Å². The normalized spacial score (nSPS) is 13.6. The van der Waals surface area contributed by atoms with E-state index in [9.17, 15) is 17.6 Å². The lowest BCUT2D eigenvalue weighted by Gasteiger charge is -2.22. The fourth-order valence-corrected chi connectivity index (χ4v) is 1.89. The Morgan fingerprint density at radius 1 is 1.32 bits per heavy atom. The van der Waals surface area contributed by atoms with Crippen molar-refractivity contribution < 1.29 is 22.7 Å². The number of aliphatic hydroxyl groups excluding tert-OH is 1. The third-order valence-electron chi connectivity index (χ3n) is 2.75. The average molecular weight is 279 g/mol. The van der Waals surface area contributed by atoms with E-state index < -0.39 is 23.6 Å². The summed E-state index contributed by atoms with van der Waals surface area (Å²) >= 11 is 0. The zero-order valence-corrected chi connectivity index (χ0v) is 10.6. The van der Waals surface area contributed by atoms with Gasteiger partial charge < -0.3 is 10.4 Å². The Hall–Kier alpha value is -1.14. The second-order valence-electron chi connectivity index (χ2n) is 4.25. The molecule has 0 heterocycles. The zero-order chi connectivity index (χ0) is 14.5. The van der Waals surface area contributed by atoms with Gasteiger partial charge >= 0.3 is 6.18 Å². The maximum Gasteiger partial charge on any atom is 0.416 e. The Bertz CT molecular complexity index is 406. The largest absolute Gasteiger partial charge is 0.416 e. The van der Waals surface area contributed by atoms with Gasteiger partial charge in [0, 0.05) is 12.6 Å². The molecular weight excluding hydrogens is 262 g/mol. The summed E-state index contributed by atoms with van der Waals surface area (Å²) in [6.45, 7) is 2.17. The van der Waals surface area contributed by atoms with Crippen molar-refractivity contribution in [2.45, 2.75) is 32.0 Å². The molecule has 19 heavy (non-hydrogen) atoms. The third kappa shape index (κ3) is 4.47. The SMILES string of the molecule is CCCNC(CCO)c1ccc(F)cc1C(F)(F)F. The summed E-state index contributed by atoms with van der Waals surface area (Å²) in [5, 5.41) is 11.9. The molecule has 0 aliphatic carbocycles. The molecule has 0 aliphatic rings. The summed E-state index contributed by atoms with van der Waals surface area (Å²) in [7, 11) is 0. The number of aliphatic hydroxyl groups is 1. The Balaban J connectivity index is 3.14. The van der Waals surface area contributed by atoms with Gasteiger partial charge in [0.05, 0.1) is 5.56 Å². The average Bonchev–Trinajstić information content (AvgIpc) is 2.33. The van der Waals surface area contributed by atoms with Crippen LogP contribution < -0.4 is 5.32 Å². The highest BCUT2D eigenvalue weighted by Gasteiger charge is 2.35. The van der Waals surface area contributed by atoms with E-state index in [2.05, 4.69) is 5.32 Å². The number of benzene rings is 1. The van der Waals surface area contributed by atoms with Crippen LogP contribution in [0.1, 0.15) is 36.9 Å². The van der Waals surface area contributed by atoms with E-state index in [1.807, 2.05) is 6.92 Å². The summed E-state index contributed by atoms with van der Waals surface area (Å²) in [5.74, 6) is -0.922. The van der Waals surface area contributed by atoms with E-state index in [0.717, 1.165) is 18.6 Å². The minimum Gasteiger partial charge on any atom is -0.396 e. The van der Waals surface area contributed by atoms with E-state index in [0.29, 0.717) is 12.6 Å². The molecule has 0 amide bonds. The molecule has 0 spiro atoms. The first kappa shape index (κ1) is 15.9. The highest BCUT2D eigenvalue weighted by Crippen LogP contribution is 2.35. The van der Waals surface area contributed by atoms with Crippen LogP contribution in [0.4, 0.5) is 17.6 Å². The van der Waals surface area contributed by atoms with E-state index in [-0.39, 0.29) is 18.6 Å². The van der Waals surface area contributed by atoms with Crippen molar-refractivity contribution in [3.63, 3.8) is 0 Å². The van der Waals surface area contributed by atoms with Crippen molar-refractivity contribution in [1.29, 1.82) is 0 Å². The predicted molar refractivity (Wildman–Crippen MR) is 64.1 cm³/mol. The molecule has 0 bridgehead atoms. The van der Waals surface area contributed by atoms with Crippen LogP contribution in [0.15, 0.2) is 18.2 Å². The van der Waals surface area contributed by atoms with Gasteiger partial charge in [-0.2, -0.15) is 13.2 Å². The van der Waals surface area contributed by atoms with Gasteiger partial charge in [-0.15, -0.1) is 0 Å². The summed E-state index contributed by atoms with van der Waals surface area (Å²) in [6.07, 6.45) is -3.71. The van der Waals surface area contributed by atoms with Crippen LogP contribution in [0.3, 0.4) is 0 Å². The van der Waals surface area contributed by atoms with E-state index in [1.165, 1.54) is 0 Å². The minimum atomic E-state index is -4.61. The van der Waals surface area contributed by atoms with Gasteiger partial charge in [-0.25, -0.2) is 4.39 Å². The Morgan fingerprint density at radius 3 is 2.53 bits per heavy atom. The molecule has 0 fully saturated rings. The van der Waals surface area contributed by atoms with Crippen LogP contribution in [-0.4, -0.2) is 18.3 Å². The molecule has 0 saturated heterocycles. The standard InChI is InChI=1S/C13H17F4NO/c1-2-6-18-12(5-7-19)10-4-3-9(14)8-11(10)13(15,16)17/h3-4,8,12,18-19H,2,5-7H2,1H3. The smallest absolute Gasteiger partial charge is 0.396 e. The summed E-state index contributed by atoms with van der Waals surface area (Å²) < 4.78 is 51.7. The van der Waals surface area contributed by atoms with Crippen molar-refractivity contribution >= 4 is 0 Å². The van der Waals surface area contributed by atoms with Gasteiger partial charge in [0.25, 0.3) is 0 Å². The first-order valence-corrected chi connectivity index (χ1v) is 6.11. The Kier molecular flexibility index (Phi) is 5.75. The van der Waals surface area contributed by atoms with E-state index >= 15 is 0 Å². The summed E-state index contributed by atoms with van der Waals surface area (Å²) in [4.78, 5) is 0. The second-order valence-corrected chi connectivity index (χ2v) is 4.25. The quantitative estimate of drug-likeness (QED) is 0.783. The zero-order valence-electron chi connectivity index (χ0n) is 10.6. The predicted octanol–water partition coefficient (Wildman–Crippen LogP) is 3.27. The number of rotatable bonds is 6. The van der Waals surface area contributed by atoms with E-state index in [1.54, 1.807) is 0 Å². The van der Waals surface area contributed by atoms with E-state index in [4.69, 9.17) is 5.11 Å². The molecule has 2 N–H and O–H groups in total. The molecule has 0 aliphatic heterocycles. The number of hydrogen-bond donors (Lipinski definition) is 2. The van der Waals surface area contributed by atoms with Crippen molar-refractivity contribution in [2.24, 2.45) is 0 Å². The lowest BCUT2D eigenvalue weighted by atomic mass is 9.97. The molecule has 0 saturated carbocycles. The van der Waals surface area contributed by atoms with Crippen molar-refractivity contribution in [3.05, 3.63) is 35.1 Å². The van der Waals surface area contributed by atoms with Gasteiger partial charge in [0.15, 0.2) is 0 Å². The lowest BCUT2D eigenvalue weighted by Crippen LogP contribution is -2.26. The number of alkyl halides is 3. The molecular formula is C13H17F4NO. The van der Waals surface area contributed by atoms with Gasteiger partial charge in [0.1, 0.15) is 5.82 Å². The lowest BCUT2D eigenvalue weighted by molar-refractivity contribution is -0.138. The molecule has 1 unspecified atom stereocenters. The number of halogens is 4. The first-order valence-electron chi connectivity index (χ1n) is 6.11. The van der Waals surface area contributed by atoms with Crippen LogP contribution >= 0.6 is 0 Å². The molecule has 108 valence electrons. The van der Waals surface area contributed by atoms with Crippen LogP contribution in [0, 0.1) is 5.82 Å². The van der Waals surface area contributed by atoms with Crippen LogP contribution in [0.25, 0.3) is 0 Å².